The molecule has 0 aromatic carbocycles. The zero-order valence-electron chi connectivity index (χ0n) is 22.1. The molecule has 9 atom stereocenters. The molecule has 0 spiro atoms. The Labute approximate surface area is 207 Å². The van der Waals surface area contributed by atoms with E-state index in [4.69, 9.17) is 5.26 Å². The largest absolute Gasteiger partial charge is 0.390 e. The van der Waals surface area contributed by atoms with Crippen LogP contribution in [0.2, 0.25) is 0 Å². The number of hydrogen-bond acceptors (Lipinski definition) is 3. The summed E-state index contributed by atoms with van der Waals surface area (Å²) in [7, 11) is 0. The number of fused-ring (bicyclic) bond motifs is 5. The van der Waals surface area contributed by atoms with Crippen LogP contribution in [0, 0.1) is 57.7 Å². The van der Waals surface area contributed by atoms with E-state index in [0.717, 1.165) is 61.8 Å². The van der Waals surface area contributed by atoms with Gasteiger partial charge in [-0.1, -0.05) is 34.1 Å². The quantitative estimate of drug-likeness (QED) is 0.493. The molecule has 0 aliphatic heterocycles. The fourth-order valence-electron chi connectivity index (χ4n) is 10.4. The molecule has 1 N–H and O–H groups in total. The average molecular weight is 466 g/mol. The second-order valence-corrected chi connectivity index (χ2v) is 13.2. The first-order valence-electron chi connectivity index (χ1n) is 14.4. The third-order valence-electron chi connectivity index (χ3n) is 11.9. The van der Waals surface area contributed by atoms with Crippen LogP contribution in [-0.2, 0) is 6.54 Å². The molecule has 1 aromatic rings. The van der Waals surface area contributed by atoms with Gasteiger partial charge in [0, 0.05) is 12.7 Å². The van der Waals surface area contributed by atoms with Crippen LogP contribution in [0.1, 0.15) is 110 Å². The van der Waals surface area contributed by atoms with Gasteiger partial charge in [0.25, 0.3) is 0 Å². The summed E-state index contributed by atoms with van der Waals surface area (Å²) in [6.45, 7) is 10.7. The summed E-state index contributed by atoms with van der Waals surface area (Å²) >= 11 is 0. The number of nitrogens with zero attached hydrogens (tertiary/aromatic N) is 3. The molecule has 4 fully saturated rings. The van der Waals surface area contributed by atoms with E-state index in [9.17, 15) is 5.11 Å². The van der Waals surface area contributed by atoms with Crippen molar-refractivity contribution in [2.24, 2.45) is 46.3 Å². The number of aromatic nitrogens is 2. The van der Waals surface area contributed by atoms with Gasteiger partial charge in [-0.15, -0.1) is 0 Å². The second kappa shape index (κ2) is 8.95. The van der Waals surface area contributed by atoms with Crippen molar-refractivity contribution in [3.05, 3.63) is 18.0 Å². The minimum atomic E-state index is -0.389. The Kier molecular flexibility index (Phi) is 6.41. The molecule has 4 aliphatic carbocycles. The molecule has 34 heavy (non-hydrogen) atoms. The summed E-state index contributed by atoms with van der Waals surface area (Å²) in [5.74, 6) is 4.71. The normalized spacial score (nSPS) is 44.5. The first-order valence-corrected chi connectivity index (χ1v) is 14.4. The maximum atomic E-state index is 11.3. The average Bonchev–Trinajstić information content (AvgIpc) is 3.42. The van der Waals surface area contributed by atoms with Crippen molar-refractivity contribution in [1.29, 1.82) is 5.26 Å². The van der Waals surface area contributed by atoms with E-state index < -0.39 is 0 Å². The summed E-state index contributed by atoms with van der Waals surface area (Å²) in [5.41, 5.74) is 1.21. The highest BCUT2D eigenvalue weighted by Crippen LogP contribution is 2.69. The molecular weight excluding hydrogens is 418 g/mol. The van der Waals surface area contributed by atoms with Gasteiger partial charge >= 0.3 is 0 Å². The molecule has 4 aliphatic rings. The SMILES string of the molecule is CCC[C@@]1(O)CC[C@@]2(CC)[C@H](CC[C@H]3[C@@H]4CC[C@H]([C@H](C)Cn5cc(C#N)cn5)[C@@]4(C)CC[C@@H]32)C1. The first-order chi connectivity index (χ1) is 16.3. The van der Waals surface area contributed by atoms with Crippen molar-refractivity contribution in [1.82, 2.24) is 9.78 Å². The van der Waals surface area contributed by atoms with Gasteiger partial charge in [0.2, 0.25) is 0 Å². The highest BCUT2D eigenvalue weighted by atomic mass is 16.3. The summed E-state index contributed by atoms with van der Waals surface area (Å²) in [5, 5.41) is 24.9. The van der Waals surface area contributed by atoms with Gasteiger partial charge in [-0.3, -0.25) is 4.68 Å². The Balaban J connectivity index is 1.33. The number of hydrogen-bond donors (Lipinski definition) is 1. The van der Waals surface area contributed by atoms with Gasteiger partial charge < -0.3 is 5.11 Å². The Morgan fingerprint density at radius 2 is 1.97 bits per heavy atom. The lowest BCUT2D eigenvalue weighted by Gasteiger charge is -2.63. The van der Waals surface area contributed by atoms with Crippen LogP contribution in [-0.4, -0.2) is 20.5 Å². The molecule has 0 saturated heterocycles. The van der Waals surface area contributed by atoms with Gasteiger partial charge in [-0.2, -0.15) is 10.4 Å². The lowest BCUT2D eigenvalue weighted by Crippen LogP contribution is -2.57. The van der Waals surface area contributed by atoms with E-state index in [1.54, 1.807) is 6.20 Å². The number of aliphatic hydroxyl groups is 1. The van der Waals surface area contributed by atoms with Crippen molar-refractivity contribution in [2.45, 2.75) is 117 Å². The van der Waals surface area contributed by atoms with Crippen LogP contribution in [0.3, 0.4) is 0 Å². The van der Waals surface area contributed by atoms with E-state index in [-0.39, 0.29) is 5.60 Å². The number of nitriles is 1. The Bertz CT molecular complexity index is 918. The highest BCUT2D eigenvalue weighted by molar-refractivity contribution is 5.21. The summed E-state index contributed by atoms with van der Waals surface area (Å²) < 4.78 is 2.00. The topological polar surface area (TPSA) is 61.8 Å². The molecule has 1 heterocycles. The van der Waals surface area contributed by atoms with Gasteiger partial charge in [0.1, 0.15) is 6.07 Å². The fourth-order valence-corrected chi connectivity index (χ4v) is 10.4. The lowest BCUT2D eigenvalue weighted by molar-refractivity contribution is -0.162. The monoisotopic (exact) mass is 465 g/mol. The van der Waals surface area contributed by atoms with Crippen LogP contribution >= 0.6 is 0 Å². The molecule has 0 bridgehead atoms. The predicted octanol–water partition coefficient (Wildman–Crippen LogP) is 6.97. The predicted molar refractivity (Wildman–Crippen MR) is 136 cm³/mol. The van der Waals surface area contributed by atoms with Crippen molar-refractivity contribution >= 4 is 0 Å². The van der Waals surface area contributed by atoms with Crippen LogP contribution in [0.4, 0.5) is 0 Å². The van der Waals surface area contributed by atoms with Gasteiger partial charge in [0.05, 0.1) is 17.4 Å². The van der Waals surface area contributed by atoms with E-state index >= 15 is 0 Å². The minimum Gasteiger partial charge on any atom is -0.390 e. The summed E-state index contributed by atoms with van der Waals surface area (Å²) in [6.07, 6.45) is 18.7. The number of rotatable bonds is 6. The van der Waals surface area contributed by atoms with Crippen molar-refractivity contribution < 1.29 is 5.11 Å². The highest BCUT2D eigenvalue weighted by Gasteiger charge is 2.62. The molecule has 0 unspecified atom stereocenters. The summed E-state index contributed by atoms with van der Waals surface area (Å²) in [6, 6.07) is 2.22. The molecule has 188 valence electrons. The van der Waals surface area contributed by atoms with Crippen molar-refractivity contribution in [2.75, 3.05) is 0 Å². The molecule has 5 rings (SSSR count). The van der Waals surface area contributed by atoms with E-state index in [2.05, 4.69) is 38.9 Å². The second-order valence-electron chi connectivity index (χ2n) is 13.2. The third kappa shape index (κ3) is 3.76. The van der Waals surface area contributed by atoms with Crippen LogP contribution in [0.5, 0.6) is 0 Å². The van der Waals surface area contributed by atoms with Crippen LogP contribution in [0.25, 0.3) is 0 Å². The molecule has 4 saturated carbocycles. The molecular formula is C30H47N3O. The minimum absolute atomic E-state index is 0.389. The van der Waals surface area contributed by atoms with E-state index in [1.165, 1.54) is 51.4 Å². The third-order valence-corrected chi connectivity index (χ3v) is 11.9. The van der Waals surface area contributed by atoms with Crippen molar-refractivity contribution in [3.63, 3.8) is 0 Å². The standard InChI is InChI=1S/C30H47N3O/c1-5-12-29(34)14-15-30(6-2)23(16-29)7-8-24-26-10-9-25(28(26,4)13-11-27(24)30)21(3)19-33-20-22(17-31)18-32-33/h18,20-21,23-27,34H,5-16,19H2,1-4H3/t21-,23-,24+,25-,26+,27+,28-,29-,30+/m1/s1. The Morgan fingerprint density at radius 3 is 2.68 bits per heavy atom. The van der Waals surface area contributed by atoms with Crippen molar-refractivity contribution in [3.8, 4) is 6.07 Å². The molecule has 4 heteroatoms. The van der Waals surface area contributed by atoms with E-state index in [1.807, 2.05) is 10.9 Å². The maximum Gasteiger partial charge on any atom is 0.102 e. The van der Waals surface area contributed by atoms with Crippen LogP contribution in [0.15, 0.2) is 12.4 Å². The maximum absolute atomic E-state index is 11.3. The Morgan fingerprint density at radius 1 is 1.15 bits per heavy atom. The molecule has 0 amide bonds. The molecule has 4 nitrogen and oxygen atoms in total. The van der Waals surface area contributed by atoms with Gasteiger partial charge in [-0.25, -0.2) is 0 Å². The molecule has 0 radical (unpaired) electrons. The zero-order valence-corrected chi connectivity index (χ0v) is 22.1. The smallest absolute Gasteiger partial charge is 0.102 e. The lowest BCUT2D eigenvalue weighted by atomic mass is 9.42. The van der Waals surface area contributed by atoms with Gasteiger partial charge in [-0.05, 0) is 117 Å². The molecule has 1 aromatic heterocycles. The Hall–Kier alpha value is -1.34. The zero-order chi connectivity index (χ0) is 24.1. The fraction of sp³-hybridized carbons (Fsp3) is 0.867. The van der Waals surface area contributed by atoms with Crippen LogP contribution < -0.4 is 0 Å². The van der Waals surface area contributed by atoms with Gasteiger partial charge in [0.15, 0.2) is 0 Å². The first kappa shape index (κ1) is 24.4. The summed E-state index contributed by atoms with van der Waals surface area (Å²) in [4.78, 5) is 0. The van der Waals surface area contributed by atoms with E-state index in [0.29, 0.717) is 22.3 Å².